The van der Waals surface area contributed by atoms with Crippen molar-refractivity contribution < 1.29 is 14.7 Å². The third-order valence-corrected chi connectivity index (χ3v) is 1.88. The Morgan fingerprint density at radius 3 is 2.50 bits per heavy atom. The first kappa shape index (κ1) is 12.9. The molecule has 1 atom stereocenters. The van der Waals surface area contributed by atoms with Crippen LogP contribution in [0.25, 0.3) is 0 Å². The van der Waals surface area contributed by atoms with Crippen molar-refractivity contribution in [1.82, 2.24) is 5.32 Å². The van der Waals surface area contributed by atoms with Gasteiger partial charge in [-0.05, 0) is 12.8 Å². The lowest BCUT2D eigenvalue weighted by Gasteiger charge is -2.05. The van der Waals surface area contributed by atoms with Crippen molar-refractivity contribution in [3.8, 4) is 0 Å². The molecule has 0 aromatic rings. The fraction of sp³-hybridized carbons (Fsp3) is 0.778. The number of carboxylic acid groups (broad SMARTS) is 1. The average Bonchev–Trinajstić information content (AvgIpc) is 2.09. The molecular formula is C9H18N2O3. The quantitative estimate of drug-likeness (QED) is 0.510. The van der Waals surface area contributed by atoms with E-state index in [9.17, 15) is 9.59 Å². The first-order valence-electron chi connectivity index (χ1n) is 4.77. The molecule has 0 saturated carbocycles. The maximum atomic E-state index is 10.5. The molecular weight excluding hydrogens is 184 g/mol. The van der Waals surface area contributed by atoms with Crippen molar-refractivity contribution in [2.45, 2.75) is 38.6 Å². The number of carboxylic acids is 1. The zero-order valence-electron chi connectivity index (χ0n) is 8.45. The Morgan fingerprint density at radius 1 is 1.36 bits per heavy atom. The number of hydrogen-bond acceptors (Lipinski definition) is 3. The highest BCUT2D eigenvalue weighted by molar-refractivity contribution is 5.73. The first-order chi connectivity index (χ1) is 6.54. The Labute approximate surface area is 83.7 Å². The molecule has 1 unspecified atom stereocenters. The molecule has 0 fully saturated rings. The third-order valence-electron chi connectivity index (χ3n) is 1.88. The van der Waals surface area contributed by atoms with E-state index in [-0.39, 0.29) is 5.91 Å². The fourth-order valence-electron chi connectivity index (χ4n) is 1.05. The van der Waals surface area contributed by atoms with Gasteiger partial charge in [0.2, 0.25) is 5.91 Å². The molecule has 0 aromatic carbocycles. The highest BCUT2D eigenvalue weighted by atomic mass is 16.4. The van der Waals surface area contributed by atoms with Crippen LogP contribution < -0.4 is 11.1 Å². The van der Waals surface area contributed by atoms with E-state index in [0.717, 1.165) is 19.3 Å². The first-order valence-corrected chi connectivity index (χ1v) is 4.77. The number of nitrogens with two attached hydrogens (primary N) is 1. The molecule has 4 N–H and O–H groups in total. The second kappa shape index (κ2) is 7.32. The van der Waals surface area contributed by atoms with Gasteiger partial charge in [0, 0.05) is 13.5 Å². The molecule has 14 heavy (non-hydrogen) atoms. The standard InChI is InChI=1S/C9H18N2O3/c1-7(12)11-6-4-2-3-5-8(10)9(13)14/h8H,2-6,10H2,1H3,(H,11,12)(H,13,14). The van der Waals surface area contributed by atoms with Crippen LogP contribution in [-0.4, -0.2) is 29.6 Å². The van der Waals surface area contributed by atoms with Crippen LogP contribution in [0.1, 0.15) is 32.6 Å². The van der Waals surface area contributed by atoms with Crippen molar-refractivity contribution in [2.75, 3.05) is 6.54 Å². The number of nitrogens with one attached hydrogen (secondary N) is 1. The average molecular weight is 202 g/mol. The summed E-state index contributed by atoms with van der Waals surface area (Å²) in [4.78, 5) is 20.8. The molecule has 0 spiro atoms. The Hall–Kier alpha value is -1.10. The minimum atomic E-state index is -0.952. The Bertz CT molecular complexity index is 194. The fourth-order valence-corrected chi connectivity index (χ4v) is 1.05. The third kappa shape index (κ3) is 7.54. The van der Waals surface area contributed by atoms with Crippen molar-refractivity contribution in [3.63, 3.8) is 0 Å². The number of unbranched alkanes of at least 4 members (excludes halogenated alkanes) is 2. The SMILES string of the molecule is CC(=O)NCCCCCC(N)C(=O)O. The minimum Gasteiger partial charge on any atom is -0.480 e. The van der Waals surface area contributed by atoms with Crippen molar-refractivity contribution in [3.05, 3.63) is 0 Å². The summed E-state index contributed by atoms with van der Waals surface area (Å²) in [5, 5.41) is 11.1. The molecule has 1 amide bonds. The Kier molecular flexibility index (Phi) is 6.74. The van der Waals surface area contributed by atoms with Crippen LogP contribution in [-0.2, 0) is 9.59 Å². The highest BCUT2D eigenvalue weighted by Crippen LogP contribution is 2.01. The van der Waals surface area contributed by atoms with Gasteiger partial charge in [0.25, 0.3) is 0 Å². The van der Waals surface area contributed by atoms with Crippen LogP contribution in [0.5, 0.6) is 0 Å². The molecule has 5 heteroatoms. The molecule has 0 saturated heterocycles. The summed E-state index contributed by atoms with van der Waals surface area (Å²) in [6.45, 7) is 2.12. The van der Waals surface area contributed by atoms with Crippen molar-refractivity contribution >= 4 is 11.9 Å². The lowest BCUT2D eigenvalue weighted by atomic mass is 10.1. The summed E-state index contributed by atoms with van der Waals surface area (Å²) in [6, 6.07) is -0.754. The van der Waals surface area contributed by atoms with Crippen LogP contribution in [0.3, 0.4) is 0 Å². The molecule has 5 nitrogen and oxygen atoms in total. The van der Waals surface area contributed by atoms with E-state index in [4.69, 9.17) is 10.8 Å². The lowest BCUT2D eigenvalue weighted by molar-refractivity contribution is -0.138. The van der Waals surface area contributed by atoms with E-state index >= 15 is 0 Å². The van der Waals surface area contributed by atoms with Gasteiger partial charge in [-0.25, -0.2) is 0 Å². The van der Waals surface area contributed by atoms with Gasteiger partial charge in [0.1, 0.15) is 6.04 Å². The summed E-state index contributed by atoms with van der Waals surface area (Å²) < 4.78 is 0. The Morgan fingerprint density at radius 2 is 2.00 bits per heavy atom. The number of amides is 1. The van der Waals surface area contributed by atoms with Crippen LogP contribution in [0.2, 0.25) is 0 Å². The number of hydrogen-bond donors (Lipinski definition) is 3. The molecule has 0 aliphatic carbocycles. The lowest BCUT2D eigenvalue weighted by Crippen LogP contribution is -2.29. The number of rotatable bonds is 7. The van der Waals surface area contributed by atoms with E-state index in [1.54, 1.807) is 0 Å². The molecule has 0 heterocycles. The van der Waals surface area contributed by atoms with Gasteiger partial charge in [0.05, 0.1) is 0 Å². The van der Waals surface area contributed by atoms with Gasteiger partial charge in [-0.2, -0.15) is 0 Å². The van der Waals surface area contributed by atoms with E-state index in [1.165, 1.54) is 6.92 Å². The van der Waals surface area contributed by atoms with Crippen LogP contribution in [0, 0.1) is 0 Å². The normalized spacial score (nSPS) is 12.1. The highest BCUT2D eigenvalue weighted by Gasteiger charge is 2.09. The molecule has 0 rings (SSSR count). The van der Waals surface area contributed by atoms with Crippen LogP contribution in [0.15, 0.2) is 0 Å². The predicted molar refractivity (Wildman–Crippen MR) is 52.8 cm³/mol. The molecule has 0 aliphatic rings. The summed E-state index contributed by atoms with van der Waals surface area (Å²) in [5.41, 5.74) is 5.31. The summed E-state index contributed by atoms with van der Waals surface area (Å²) in [5.74, 6) is -0.987. The molecule has 82 valence electrons. The maximum Gasteiger partial charge on any atom is 0.320 e. The maximum absolute atomic E-state index is 10.5. The van der Waals surface area contributed by atoms with Gasteiger partial charge in [-0.1, -0.05) is 12.8 Å². The summed E-state index contributed by atoms with van der Waals surface area (Å²) >= 11 is 0. The molecule has 0 radical (unpaired) electrons. The van der Waals surface area contributed by atoms with Gasteiger partial charge in [-0.3, -0.25) is 9.59 Å². The predicted octanol–water partition coefficient (Wildman–Crippen LogP) is 0.0948. The molecule has 0 bridgehead atoms. The van der Waals surface area contributed by atoms with E-state index in [1.807, 2.05) is 0 Å². The zero-order chi connectivity index (χ0) is 11.0. The van der Waals surface area contributed by atoms with Gasteiger partial charge < -0.3 is 16.2 Å². The Balaban J connectivity index is 3.21. The van der Waals surface area contributed by atoms with Gasteiger partial charge >= 0.3 is 5.97 Å². The largest absolute Gasteiger partial charge is 0.480 e. The summed E-state index contributed by atoms with van der Waals surface area (Å²) in [6.07, 6.45) is 3.04. The summed E-state index contributed by atoms with van der Waals surface area (Å²) in [7, 11) is 0. The monoisotopic (exact) mass is 202 g/mol. The van der Waals surface area contributed by atoms with Crippen molar-refractivity contribution in [2.24, 2.45) is 5.73 Å². The smallest absolute Gasteiger partial charge is 0.320 e. The topological polar surface area (TPSA) is 92.4 Å². The number of aliphatic carboxylic acids is 1. The molecule has 0 aromatic heterocycles. The number of carbonyl (C=O) groups excluding carboxylic acids is 1. The van der Waals surface area contributed by atoms with Crippen LogP contribution >= 0.6 is 0 Å². The van der Waals surface area contributed by atoms with E-state index in [2.05, 4.69) is 5.32 Å². The van der Waals surface area contributed by atoms with E-state index in [0.29, 0.717) is 13.0 Å². The van der Waals surface area contributed by atoms with Gasteiger partial charge in [0.15, 0.2) is 0 Å². The second-order valence-corrected chi connectivity index (χ2v) is 3.28. The second-order valence-electron chi connectivity index (χ2n) is 3.28. The van der Waals surface area contributed by atoms with E-state index < -0.39 is 12.0 Å². The minimum absolute atomic E-state index is 0.0350. The molecule has 0 aliphatic heterocycles. The number of carbonyl (C=O) groups is 2. The van der Waals surface area contributed by atoms with Crippen LogP contribution in [0.4, 0.5) is 0 Å². The van der Waals surface area contributed by atoms with Crippen molar-refractivity contribution in [1.29, 1.82) is 0 Å². The zero-order valence-corrected chi connectivity index (χ0v) is 8.45. The van der Waals surface area contributed by atoms with Gasteiger partial charge in [-0.15, -0.1) is 0 Å².